The molecule has 0 saturated heterocycles. The molecule has 0 fully saturated rings. The summed E-state index contributed by atoms with van der Waals surface area (Å²) in [6, 6.07) is 1.16. The van der Waals surface area contributed by atoms with Gasteiger partial charge in [-0.2, -0.15) is 4.73 Å². The van der Waals surface area contributed by atoms with Gasteiger partial charge in [-0.1, -0.05) is 11.6 Å². The molecule has 0 atom stereocenters. The van der Waals surface area contributed by atoms with Crippen LogP contribution in [0.1, 0.15) is 17.7 Å². The van der Waals surface area contributed by atoms with Gasteiger partial charge in [0.05, 0.1) is 5.02 Å². The fourth-order valence-corrected chi connectivity index (χ4v) is 1.16. The minimum atomic E-state index is -2.71. The second-order valence-corrected chi connectivity index (χ2v) is 2.70. The summed E-state index contributed by atoms with van der Waals surface area (Å²) in [6.07, 6.45) is -1.61. The summed E-state index contributed by atoms with van der Waals surface area (Å²) >= 11 is 5.46. The molecule has 0 bridgehead atoms. The molecule has 66 valence electrons. The summed E-state index contributed by atoms with van der Waals surface area (Å²) in [5, 5.41) is 10.7. The monoisotopic (exact) mass is 193 g/mol. The molecule has 0 aliphatic carbocycles. The Hall–Kier alpha value is -0.900. The second kappa shape index (κ2) is 3.23. The van der Waals surface area contributed by atoms with Crippen LogP contribution >= 0.6 is 11.6 Å². The highest BCUT2D eigenvalue weighted by Gasteiger charge is 2.20. The highest BCUT2D eigenvalue weighted by atomic mass is 35.5. The third-order valence-electron chi connectivity index (χ3n) is 1.55. The maximum atomic E-state index is 12.2. The highest BCUT2D eigenvalue weighted by molar-refractivity contribution is 6.31. The second-order valence-electron chi connectivity index (χ2n) is 2.29. The Balaban J connectivity index is 3.33. The standard InChI is InChI=1S/C7H6ClF2NO/c1-4-6(7(9)10)5(8)2-3-11(4)12/h2-3,7H,1H3. The molecule has 5 heteroatoms. The summed E-state index contributed by atoms with van der Waals surface area (Å²) in [5.41, 5.74) is -0.452. The van der Waals surface area contributed by atoms with Gasteiger partial charge in [0.1, 0.15) is 5.56 Å². The Morgan fingerprint density at radius 1 is 1.58 bits per heavy atom. The van der Waals surface area contributed by atoms with E-state index in [4.69, 9.17) is 11.6 Å². The minimum Gasteiger partial charge on any atom is -0.618 e. The molecule has 1 heterocycles. The maximum Gasteiger partial charge on any atom is 0.271 e. The van der Waals surface area contributed by atoms with E-state index in [-0.39, 0.29) is 10.7 Å². The molecular formula is C7H6ClF2NO. The van der Waals surface area contributed by atoms with E-state index in [2.05, 4.69) is 0 Å². The molecule has 12 heavy (non-hydrogen) atoms. The fourth-order valence-electron chi connectivity index (χ4n) is 0.888. The molecular weight excluding hydrogens is 188 g/mol. The molecule has 1 aromatic rings. The summed E-state index contributed by atoms with van der Waals surface area (Å²) in [5.74, 6) is 0. The van der Waals surface area contributed by atoms with Crippen molar-refractivity contribution in [1.29, 1.82) is 0 Å². The normalized spacial score (nSPS) is 10.8. The zero-order valence-electron chi connectivity index (χ0n) is 6.22. The van der Waals surface area contributed by atoms with Crippen molar-refractivity contribution in [2.24, 2.45) is 0 Å². The van der Waals surface area contributed by atoms with Crippen molar-refractivity contribution < 1.29 is 13.5 Å². The van der Waals surface area contributed by atoms with Gasteiger partial charge in [0.25, 0.3) is 6.43 Å². The predicted molar refractivity (Wildman–Crippen MR) is 40.1 cm³/mol. The van der Waals surface area contributed by atoms with Crippen molar-refractivity contribution in [3.8, 4) is 0 Å². The van der Waals surface area contributed by atoms with Crippen LogP contribution in [-0.2, 0) is 0 Å². The quantitative estimate of drug-likeness (QED) is 0.496. The maximum absolute atomic E-state index is 12.2. The van der Waals surface area contributed by atoms with Gasteiger partial charge >= 0.3 is 0 Å². The van der Waals surface area contributed by atoms with Gasteiger partial charge in [0.2, 0.25) is 0 Å². The number of pyridine rings is 1. The molecule has 2 nitrogen and oxygen atoms in total. The van der Waals surface area contributed by atoms with Gasteiger partial charge < -0.3 is 5.21 Å². The first-order chi connectivity index (χ1) is 5.54. The fraction of sp³-hybridized carbons (Fsp3) is 0.286. The van der Waals surface area contributed by atoms with E-state index in [0.717, 1.165) is 12.3 Å². The van der Waals surface area contributed by atoms with Crippen molar-refractivity contribution in [2.75, 3.05) is 0 Å². The Kier molecular flexibility index (Phi) is 2.47. The summed E-state index contributed by atoms with van der Waals surface area (Å²) < 4.78 is 24.8. The Morgan fingerprint density at radius 2 is 2.17 bits per heavy atom. The van der Waals surface area contributed by atoms with Crippen LogP contribution < -0.4 is 4.73 Å². The third-order valence-corrected chi connectivity index (χ3v) is 1.88. The summed E-state index contributed by atoms with van der Waals surface area (Å²) in [4.78, 5) is 0. The topological polar surface area (TPSA) is 26.9 Å². The average Bonchev–Trinajstić information content (AvgIpc) is 1.97. The van der Waals surface area contributed by atoms with E-state index < -0.39 is 12.0 Å². The average molecular weight is 194 g/mol. The van der Waals surface area contributed by atoms with Crippen LogP contribution in [0.3, 0.4) is 0 Å². The lowest BCUT2D eigenvalue weighted by molar-refractivity contribution is -0.613. The van der Waals surface area contributed by atoms with E-state index in [0.29, 0.717) is 4.73 Å². The number of rotatable bonds is 1. The molecule has 0 amide bonds. The van der Waals surface area contributed by atoms with Gasteiger partial charge in [-0.05, 0) is 0 Å². The van der Waals surface area contributed by atoms with Crippen LogP contribution in [0.2, 0.25) is 5.02 Å². The van der Waals surface area contributed by atoms with E-state index in [1.807, 2.05) is 0 Å². The Morgan fingerprint density at radius 3 is 2.58 bits per heavy atom. The number of alkyl halides is 2. The molecule has 0 saturated carbocycles. The highest BCUT2D eigenvalue weighted by Crippen LogP contribution is 2.27. The Bertz CT molecular complexity index is 304. The summed E-state index contributed by atoms with van der Waals surface area (Å²) in [7, 11) is 0. The van der Waals surface area contributed by atoms with E-state index in [1.165, 1.54) is 6.92 Å². The van der Waals surface area contributed by atoms with Gasteiger partial charge in [0, 0.05) is 13.0 Å². The SMILES string of the molecule is Cc1c(C(F)F)c(Cl)cc[n+]1[O-]. The minimum absolute atomic E-state index is 0.0579. The largest absolute Gasteiger partial charge is 0.618 e. The lowest BCUT2D eigenvalue weighted by Crippen LogP contribution is -2.30. The van der Waals surface area contributed by atoms with Crippen molar-refractivity contribution >= 4 is 11.6 Å². The van der Waals surface area contributed by atoms with Crippen LogP contribution in [0.25, 0.3) is 0 Å². The zero-order valence-corrected chi connectivity index (χ0v) is 6.98. The van der Waals surface area contributed by atoms with E-state index >= 15 is 0 Å². The molecule has 1 rings (SSSR count). The Labute approximate surface area is 73.0 Å². The van der Waals surface area contributed by atoms with E-state index in [9.17, 15) is 14.0 Å². The predicted octanol–water partition coefficient (Wildman–Crippen LogP) is 2.22. The molecule has 0 N–H and O–H groups in total. The van der Waals surface area contributed by atoms with Crippen molar-refractivity contribution in [3.63, 3.8) is 0 Å². The van der Waals surface area contributed by atoms with Gasteiger partial charge in [0.15, 0.2) is 11.9 Å². The number of hydrogen-bond donors (Lipinski definition) is 0. The molecule has 0 aromatic carbocycles. The first-order valence-corrected chi connectivity index (χ1v) is 3.58. The van der Waals surface area contributed by atoms with Crippen molar-refractivity contribution in [2.45, 2.75) is 13.3 Å². The first-order valence-electron chi connectivity index (χ1n) is 3.20. The first kappa shape index (κ1) is 9.19. The van der Waals surface area contributed by atoms with E-state index in [1.54, 1.807) is 0 Å². The van der Waals surface area contributed by atoms with Gasteiger partial charge in [-0.3, -0.25) is 0 Å². The smallest absolute Gasteiger partial charge is 0.271 e. The van der Waals surface area contributed by atoms with Crippen molar-refractivity contribution in [3.05, 3.63) is 33.8 Å². The van der Waals surface area contributed by atoms with Gasteiger partial charge in [-0.15, -0.1) is 0 Å². The lowest BCUT2D eigenvalue weighted by Gasteiger charge is -2.06. The molecule has 0 aliphatic heterocycles. The van der Waals surface area contributed by atoms with Crippen LogP contribution in [0.5, 0.6) is 0 Å². The van der Waals surface area contributed by atoms with Crippen LogP contribution in [-0.4, -0.2) is 0 Å². The summed E-state index contributed by atoms with van der Waals surface area (Å²) in [6.45, 7) is 1.31. The van der Waals surface area contributed by atoms with Crippen LogP contribution in [0.15, 0.2) is 12.3 Å². The number of aromatic nitrogens is 1. The molecule has 0 radical (unpaired) electrons. The number of nitrogens with zero attached hydrogens (tertiary/aromatic N) is 1. The zero-order chi connectivity index (χ0) is 9.30. The molecule has 1 aromatic heterocycles. The number of hydrogen-bond acceptors (Lipinski definition) is 1. The molecule has 0 unspecified atom stereocenters. The third kappa shape index (κ3) is 1.48. The van der Waals surface area contributed by atoms with Gasteiger partial charge in [-0.25, -0.2) is 8.78 Å². The molecule has 0 aliphatic rings. The number of halogens is 3. The van der Waals surface area contributed by atoms with Crippen molar-refractivity contribution in [1.82, 2.24) is 0 Å². The molecule has 0 spiro atoms. The van der Waals surface area contributed by atoms with Crippen LogP contribution in [0.4, 0.5) is 8.78 Å². The lowest BCUT2D eigenvalue weighted by atomic mass is 10.2. The van der Waals surface area contributed by atoms with Crippen LogP contribution in [0, 0.1) is 12.1 Å².